The number of benzene rings is 1. The molecule has 0 aliphatic carbocycles. The molecule has 0 atom stereocenters. The highest BCUT2D eigenvalue weighted by Gasteiger charge is 2.27. The van der Waals surface area contributed by atoms with Crippen LogP contribution in [0.1, 0.15) is 36.2 Å². The van der Waals surface area contributed by atoms with E-state index in [2.05, 4.69) is 49.5 Å². The molecule has 12 heteroatoms. The first-order valence-electron chi connectivity index (χ1n) is 15.6. The lowest BCUT2D eigenvalue weighted by Gasteiger charge is -2.42. The lowest BCUT2D eigenvalue weighted by atomic mass is 10.0. The van der Waals surface area contributed by atoms with Crippen molar-refractivity contribution in [1.82, 2.24) is 24.8 Å². The summed E-state index contributed by atoms with van der Waals surface area (Å²) in [6.07, 6.45) is 7.32. The number of aromatic nitrogens is 3. The summed E-state index contributed by atoms with van der Waals surface area (Å²) in [5.41, 5.74) is 8.93. The Morgan fingerprint density at radius 1 is 0.955 bits per heavy atom. The molecule has 6 rings (SSSR count). The van der Waals surface area contributed by atoms with Gasteiger partial charge in [0.25, 0.3) is 5.91 Å². The summed E-state index contributed by atoms with van der Waals surface area (Å²) in [6.45, 7) is 8.07. The average Bonchev–Trinajstić information content (AvgIpc) is 3.06. The van der Waals surface area contributed by atoms with Crippen LogP contribution in [0.5, 0.6) is 5.75 Å². The molecule has 4 N–H and O–H groups in total. The number of hydrogen-bond donors (Lipinski definition) is 3. The lowest BCUT2D eigenvalue weighted by molar-refractivity contribution is 0.0904. The summed E-state index contributed by atoms with van der Waals surface area (Å²) in [7, 11) is 3.79. The number of methoxy groups -OCH3 is 1. The standard InChI is InChI=1S/C32H43N9O3/c1-39-15-17-41(18-16-39)25-8-13-40(14-9-25)24-5-3-22(4-6-24)35-32-29(30(33)42)37-28(26-21-34-12-7-27(26)43-2)31(38-32)36-23-10-19-44-20-11-23/h3-7,12,21,23,25H,8-11,13-20H2,1-2H3,(H2,33,42)(H2,35,36,38). The minimum absolute atomic E-state index is 0.0403. The topological polar surface area (TPSA) is 134 Å². The zero-order chi connectivity index (χ0) is 30.5. The zero-order valence-electron chi connectivity index (χ0n) is 25.7. The summed E-state index contributed by atoms with van der Waals surface area (Å²) in [5, 5.41) is 6.84. The number of amides is 1. The molecule has 1 aromatic carbocycles. The van der Waals surface area contributed by atoms with Crippen LogP contribution < -0.4 is 26.0 Å². The van der Waals surface area contributed by atoms with Crippen molar-refractivity contribution >= 4 is 28.9 Å². The van der Waals surface area contributed by atoms with Gasteiger partial charge in [-0.15, -0.1) is 0 Å². The molecular weight excluding hydrogens is 558 g/mol. The second kappa shape index (κ2) is 13.7. The molecule has 3 aliphatic heterocycles. The second-order valence-corrected chi connectivity index (χ2v) is 11.8. The minimum Gasteiger partial charge on any atom is -0.496 e. The molecular formula is C32H43N9O3. The molecule has 2 aromatic heterocycles. The van der Waals surface area contributed by atoms with E-state index >= 15 is 0 Å². The maximum Gasteiger partial charge on any atom is 0.271 e. The first-order valence-corrected chi connectivity index (χ1v) is 15.6. The van der Waals surface area contributed by atoms with Gasteiger partial charge in [0.2, 0.25) is 0 Å². The van der Waals surface area contributed by atoms with Crippen LogP contribution in [0, 0.1) is 0 Å². The number of piperidine rings is 1. The third-order valence-corrected chi connectivity index (χ3v) is 8.96. The van der Waals surface area contributed by atoms with Gasteiger partial charge in [-0.05, 0) is 63.1 Å². The molecule has 0 saturated carbocycles. The van der Waals surface area contributed by atoms with Crippen LogP contribution in [-0.4, -0.2) is 109 Å². The molecule has 1 amide bonds. The molecule has 3 saturated heterocycles. The van der Waals surface area contributed by atoms with E-state index < -0.39 is 5.91 Å². The Morgan fingerprint density at radius 2 is 1.68 bits per heavy atom. The van der Waals surface area contributed by atoms with Crippen molar-refractivity contribution < 1.29 is 14.3 Å². The highest BCUT2D eigenvalue weighted by Crippen LogP contribution is 2.35. The Kier molecular flexibility index (Phi) is 9.39. The number of nitrogens with two attached hydrogens (primary N) is 1. The lowest BCUT2D eigenvalue weighted by Crippen LogP contribution is -2.52. The fraction of sp³-hybridized carbons (Fsp3) is 0.500. The number of carbonyl (C=O) groups excluding carboxylic acids is 1. The number of carbonyl (C=O) groups is 1. The zero-order valence-corrected chi connectivity index (χ0v) is 25.7. The fourth-order valence-electron chi connectivity index (χ4n) is 6.32. The second-order valence-electron chi connectivity index (χ2n) is 11.8. The molecule has 0 unspecified atom stereocenters. The van der Waals surface area contributed by atoms with E-state index in [0.717, 1.165) is 44.7 Å². The molecule has 0 radical (unpaired) electrons. The molecule has 44 heavy (non-hydrogen) atoms. The summed E-state index contributed by atoms with van der Waals surface area (Å²) < 4.78 is 11.1. The first-order chi connectivity index (χ1) is 21.5. The number of primary amides is 1. The molecule has 0 bridgehead atoms. The average molecular weight is 602 g/mol. The molecule has 234 valence electrons. The van der Waals surface area contributed by atoms with Crippen LogP contribution in [0.15, 0.2) is 42.7 Å². The van der Waals surface area contributed by atoms with Gasteiger partial charge >= 0.3 is 0 Å². The molecule has 5 heterocycles. The predicted molar refractivity (Wildman–Crippen MR) is 172 cm³/mol. The van der Waals surface area contributed by atoms with E-state index in [4.69, 9.17) is 25.2 Å². The van der Waals surface area contributed by atoms with E-state index in [0.29, 0.717) is 47.9 Å². The molecule has 3 aliphatic rings. The van der Waals surface area contributed by atoms with E-state index in [1.807, 2.05) is 12.1 Å². The number of nitrogens with zero attached hydrogens (tertiary/aromatic N) is 6. The van der Waals surface area contributed by atoms with E-state index in [1.54, 1.807) is 25.6 Å². The van der Waals surface area contributed by atoms with Crippen molar-refractivity contribution in [2.75, 3.05) is 82.2 Å². The smallest absolute Gasteiger partial charge is 0.271 e. The molecule has 3 aromatic rings. The van der Waals surface area contributed by atoms with Crippen molar-refractivity contribution in [3.8, 4) is 17.0 Å². The Balaban J connectivity index is 1.21. The largest absolute Gasteiger partial charge is 0.496 e. The van der Waals surface area contributed by atoms with Gasteiger partial charge in [0.15, 0.2) is 17.3 Å². The summed E-state index contributed by atoms with van der Waals surface area (Å²) >= 11 is 0. The number of likely N-dealkylation sites (N-methyl/N-ethyl adjacent to an activating group) is 1. The number of rotatable bonds is 9. The first kappa shape index (κ1) is 30.0. The monoisotopic (exact) mass is 601 g/mol. The van der Waals surface area contributed by atoms with Crippen molar-refractivity contribution in [2.24, 2.45) is 5.73 Å². The Bertz CT molecular complexity index is 1410. The van der Waals surface area contributed by atoms with Crippen LogP contribution in [0.2, 0.25) is 0 Å². The van der Waals surface area contributed by atoms with Crippen molar-refractivity contribution in [1.29, 1.82) is 0 Å². The van der Waals surface area contributed by atoms with Crippen LogP contribution in [-0.2, 0) is 4.74 Å². The SMILES string of the molecule is COc1ccncc1-c1nc(C(N)=O)c(Nc2ccc(N3CCC(N4CCN(C)CC4)CC3)cc2)nc1NC1CCOCC1. The highest BCUT2D eigenvalue weighted by atomic mass is 16.5. The maximum absolute atomic E-state index is 12.7. The van der Waals surface area contributed by atoms with Gasteiger partial charge in [-0.2, -0.15) is 0 Å². The number of anilines is 4. The summed E-state index contributed by atoms with van der Waals surface area (Å²) in [5.74, 6) is 0.708. The Hall–Kier alpha value is -4.00. The number of pyridine rings is 1. The van der Waals surface area contributed by atoms with Gasteiger partial charge in [-0.1, -0.05) is 0 Å². The number of hydrogen-bond acceptors (Lipinski definition) is 11. The van der Waals surface area contributed by atoms with E-state index in [1.165, 1.54) is 31.6 Å². The number of nitrogens with one attached hydrogen (secondary N) is 2. The van der Waals surface area contributed by atoms with E-state index in [9.17, 15) is 4.79 Å². The summed E-state index contributed by atoms with van der Waals surface area (Å²) in [4.78, 5) is 34.1. The van der Waals surface area contributed by atoms with Gasteiger partial charge in [0.05, 0.1) is 12.7 Å². The highest BCUT2D eigenvalue weighted by molar-refractivity contribution is 5.98. The number of ether oxygens (including phenoxy) is 2. The summed E-state index contributed by atoms with van der Waals surface area (Å²) in [6, 6.07) is 10.8. The normalized spacial score (nSPS) is 19.1. The van der Waals surface area contributed by atoms with Crippen LogP contribution in [0.3, 0.4) is 0 Å². The quantitative estimate of drug-likeness (QED) is 0.334. The van der Waals surface area contributed by atoms with E-state index in [-0.39, 0.29) is 11.7 Å². The Morgan fingerprint density at radius 3 is 2.36 bits per heavy atom. The maximum atomic E-state index is 12.7. The third kappa shape index (κ3) is 6.87. The van der Waals surface area contributed by atoms with Crippen LogP contribution in [0.25, 0.3) is 11.3 Å². The predicted octanol–water partition coefficient (Wildman–Crippen LogP) is 3.20. The van der Waals surface area contributed by atoms with Gasteiger partial charge in [-0.25, -0.2) is 9.97 Å². The van der Waals surface area contributed by atoms with Gasteiger partial charge < -0.3 is 35.6 Å². The van der Waals surface area contributed by atoms with Crippen LogP contribution >= 0.6 is 0 Å². The van der Waals surface area contributed by atoms with Crippen LogP contribution in [0.4, 0.5) is 23.0 Å². The molecule has 3 fully saturated rings. The van der Waals surface area contributed by atoms with Gasteiger partial charge in [-0.3, -0.25) is 14.7 Å². The van der Waals surface area contributed by atoms with Gasteiger partial charge in [0.1, 0.15) is 11.4 Å². The van der Waals surface area contributed by atoms with Crippen molar-refractivity contribution in [3.63, 3.8) is 0 Å². The molecule has 0 spiro atoms. The number of piperazine rings is 1. The van der Waals surface area contributed by atoms with Crippen molar-refractivity contribution in [3.05, 3.63) is 48.4 Å². The molecule has 12 nitrogen and oxygen atoms in total. The minimum atomic E-state index is -0.679. The Labute approximate surface area is 258 Å². The van der Waals surface area contributed by atoms with Crippen molar-refractivity contribution in [2.45, 2.75) is 37.8 Å². The van der Waals surface area contributed by atoms with Gasteiger partial charge in [0, 0.05) is 88.3 Å². The third-order valence-electron chi connectivity index (χ3n) is 8.96. The fourth-order valence-corrected chi connectivity index (χ4v) is 6.32.